The summed E-state index contributed by atoms with van der Waals surface area (Å²) in [5, 5.41) is 2.96. The van der Waals surface area contributed by atoms with Crippen molar-refractivity contribution in [2.75, 3.05) is 0 Å². The van der Waals surface area contributed by atoms with Gasteiger partial charge >= 0.3 is 6.01 Å². The Kier molecular flexibility index (Phi) is 5.78. The molecular weight excluding hydrogens is 353 g/mol. The molecular formula is C18H22FN5O3. The number of aryl methyl sites for hydroxylation is 1. The van der Waals surface area contributed by atoms with Gasteiger partial charge in [-0.15, -0.1) is 0 Å². The van der Waals surface area contributed by atoms with Gasteiger partial charge in [0.1, 0.15) is 12.6 Å². The summed E-state index contributed by atoms with van der Waals surface area (Å²) >= 11 is 0. The Balaban J connectivity index is 1.47. The fourth-order valence-electron chi connectivity index (χ4n) is 3.05. The highest BCUT2D eigenvalue weighted by molar-refractivity contribution is 5.76. The molecule has 1 aliphatic rings. The number of nitrogens with zero attached hydrogens (tertiary/aromatic N) is 4. The molecule has 9 heteroatoms. The molecule has 2 aromatic heterocycles. The van der Waals surface area contributed by atoms with E-state index in [4.69, 9.17) is 4.74 Å². The van der Waals surface area contributed by atoms with Gasteiger partial charge in [-0.25, -0.2) is 19.3 Å². The lowest BCUT2D eigenvalue weighted by molar-refractivity contribution is -0.122. The molecule has 1 N–H and O–H groups in total. The molecule has 0 atom stereocenters. The molecule has 1 aliphatic carbocycles. The minimum atomic E-state index is -0.508. The van der Waals surface area contributed by atoms with E-state index in [0.717, 1.165) is 38.1 Å². The Morgan fingerprint density at radius 2 is 1.89 bits per heavy atom. The van der Waals surface area contributed by atoms with Crippen LogP contribution in [0, 0.1) is 19.7 Å². The van der Waals surface area contributed by atoms with Crippen LogP contribution in [-0.2, 0) is 11.3 Å². The minimum Gasteiger partial charge on any atom is -0.460 e. The second-order valence-electron chi connectivity index (χ2n) is 6.73. The van der Waals surface area contributed by atoms with Gasteiger partial charge in [-0.2, -0.15) is 0 Å². The highest BCUT2D eigenvalue weighted by Gasteiger charge is 2.24. The van der Waals surface area contributed by atoms with E-state index in [0.29, 0.717) is 11.3 Å². The van der Waals surface area contributed by atoms with Crippen LogP contribution in [0.3, 0.4) is 0 Å². The number of hydrogen-bond donors (Lipinski definition) is 1. The van der Waals surface area contributed by atoms with Gasteiger partial charge < -0.3 is 10.1 Å². The second-order valence-corrected chi connectivity index (χ2v) is 6.73. The fraction of sp³-hybridized carbons (Fsp3) is 0.500. The van der Waals surface area contributed by atoms with Crippen molar-refractivity contribution in [3.05, 3.63) is 46.1 Å². The number of nitrogens with one attached hydrogen (secondary N) is 1. The number of halogens is 1. The van der Waals surface area contributed by atoms with Crippen molar-refractivity contribution in [2.24, 2.45) is 0 Å². The predicted molar refractivity (Wildman–Crippen MR) is 94.8 cm³/mol. The van der Waals surface area contributed by atoms with E-state index in [9.17, 15) is 14.0 Å². The molecule has 0 saturated heterocycles. The highest BCUT2D eigenvalue weighted by Crippen LogP contribution is 2.22. The lowest BCUT2D eigenvalue weighted by Crippen LogP contribution is -2.42. The maximum absolute atomic E-state index is 12.8. The standard InChI is InChI=1S/C18H22FN5O3/c1-11-12(2)22-10-24(17(11)26)9-16(25)23-14-3-5-15(6-4-14)27-18-20-7-13(19)8-21-18/h7-8,10,14-15H,3-6,9H2,1-2H3,(H,23,25). The van der Waals surface area contributed by atoms with Gasteiger partial charge in [-0.05, 0) is 39.5 Å². The summed E-state index contributed by atoms with van der Waals surface area (Å²) in [6, 6.07) is 0.187. The SMILES string of the molecule is Cc1ncn(CC(=O)NC2CCC(Oc3ncc(F)cn3)CC2)c(=O)c1C. The van der Waals surface area contributed by atoms with E-state index in [1.54, 1.807) is 13.8 Å². The highest BCUT2D eigenvalue weighted by atomic mass is 19.1. The van der Waals surface area contributed by atoms with Crippen LogP contribution in [0.25, 0.3) is 0 Å². The summed E-state index contributed by atoms with van der Waals surface area (Å²) in [5.41, 5.74) is 1.01. The first-order valence-corrected chi connectivity index (χ1v) is 8.88. The smallest absolute Gasteiger partial charge is 0.316 e. The van der Waals surface area contributed by atoms with Crippen LogP contribution in [0.15, 0.2) is 23.5 Å². The molecule has 144 valence electrons. The fourth-order valence-corrected chi connectivity index (χ4v) is 3.05. The summed E-state index contributed by atoms with van der Waals surface area (Å²) in [6.45, 7) is 3.41. The first-order valence-electron chi connectivity index (χ1n) is 8.88. The summed E-state index contributed by atoms with van der Waals surface area (Å²) < 4.78 is 19.8. The first-order chi connectivity index (χ1) is 12.9. The quantitative estimate of drug-likeness (QED) is 0.846. The summed E-state index contributed by atoms with van der Waals surface area (Å²) in [7, 11) is 0. The van der Waals surface area contributed by atoms with Gasteiger partial charge in [0.25, 0.3) is 5.56 Å². The third kappa shape index (κ3) is 4.87. The monoisotopic (exact) mass is 375 g/mol. The van der Waals surface area contributed by atoms with Crippen molar-refractivity contribution >= 4 is 5.91 Å². The lowest BCUT2D eigenvalue weighted by Gasteiger charge is -2.28. The molecule has 8 nitrogen and oxygen atoms in total. The molecule has 1 saturated carbocycles. The number of carbonyl (C=O) groups is 1. The Hall–Kier alpha value is -2.84. The van der Waals surface area contributed by atoms with Gasteiger partial charge in [0.15, 0.2) is 5.82 Å². The number of carbonyl (C=O) groups excluding carboxylic acids is 1. The van der Waals surface area contributed by atoms with Gasteiger partial charge in [0, 0.05) is 17.3 Å². The van der Waals surface area contributed by atoms with Crippen molar-refractivity contribution in [3.8, 4) is 6.01 Å². The number of amides is 1. The first kappa shape index (κ1) is 18.9. The van der Waals surface area contributed by atoms with Gasteiger partial charge in [-0.3, -0.25) is 14.2 Å². The Morgan fingerprint density at radius 1 is 1.22 bits per heavy atom. The van der Waals surface area contributed by atoms with Gasteiger partial charge in [0.05, 0.1) is 18.7 Å². The molecule has 1 amide bonds. The van der Waals surface area contributed by atoms with Gasteiger partial charge in [0.2, 0.25) is 5.91 Å². The normalized spacial score (nSPS) is 19.5. The number of ether oxygens (including phenoxy) is 1. The molecule has 0 radical (unpaired) electrons. The summed E-state index contributed by atoms with van der Waals surface area (Å²) in [4.78, 5) is 36.1. The van der Waals surface area contributed by atoms with E-state index in [1.165, 1.54) is 10.9 Å². The van der Waals surface area contributed by atoms with Crippen molar-refractivity contribution < 1.29 is 13.9 Å². The molecule has 27 heavy (non-hydrogen) atoms. The van der Waals surface area contributed by atoms with Crippen LogP contribution in [0.2, 0.25) is 0 Å². The van der Waals surface area contributed by atoms with Crippen LogP contribution in [0.1, 0.15) is 36.9 Å². The second kappa shape index (κ2) is 8.24. The largest absolute Gasteiger partial charge is 0.460 e. The third-order valence-electron chi connectivity index (χ3n) is 4.74. The van der Waals surface area contributed by atoms with Crippen LogP contribution in [-0.4, -0.2) is 37.6 Å². The Morgan fingerprint density at radius 3 is 2.56 bits per heavy atom. The molecule has 3 rings (SSSR count). The number of rotatable bonds is 5. The topological polar surface area (TPSA) is 99.0 Å². The van der Waals surface area contributed by atoms with Crippen LogP contribution in [0.4, 0.5) is 4.39 Å². The maximum atomic E-state index is 12.8. The van der Waals surface area contributed by atoms with Crippen LogP contribution in [0.5, 0.6) is 6.01 Å². The third-order valence-corrected chi connectivity index (χ3v) is 4.74. The van der Waals surface area contributed by atoms with E-state index in [1.807, 2.05) is 0 Å². The van der Waals surface area contributed by atoms with E-state index >= 15 is 0 Å². The maximum Gasteiger partial charge on any atom is 0.316 e. The molecule has 0 spiro atoms. The van der Waals surface area contributed by atoms with Crippen molar-refractivity contribution in [1.82, 2.24) is 24.8 Å². The van der Waals surface area contributed by atoms with Crippen molar-refractivity contribution in [1.29, 1.82) is 0 Å². The van der Waals surface area contributed by atoms with Crippen molar-refractivity contribution in [3.63, 3.8) is 0 Å². The molecule has 1 fully saturated rings. The zero-order chi connectivity index (χ0) is 19.4. The molecule has 0 unspecified atom stereocenters. The van der Waals surface area contributed by atoms with Crippen LogP contribution >= 0.6 is 0 Å². The molecule has 0 aliphatic heterocycles. The number of hydrogen-bond acceptors (Lipinski definition) is 6. The van der Waals surface area contributed by atoms with Crippen molar-refractivity contribution in [2.45, 2.75) is 58.2 Å². The molecule has 2 aromatic rings. The number of aromatic nitrogens is 4. The van der Waals surface area contributed by atoms with E-state index in [-0.39, 0.29) is 36.2 Å². The Bertz CT molecular complexity index is 860. The van der Waals surface area contributed by atoms with E-state index in [2.05, 4.69) is 20.3 Å². The summed E-state index contributed by atoms with van der Waals surface area (Å²) in [5.74, 6) is -0.722. The average molecular weight is 375 g/mol. The molecule has 0 bridgehead atoms. The predicted octanol–water partition coefficient (Wildman–Crippen LogP) is 1.30. The lowest BCUT2D eigenvalue weighted by atomic mass is 9.93. The minimum absolute atomic E-state index is 0.0293. The molecule has 2 heterocycles. The zero-order valence-electron chi connectivity index (χ0n) is 15.3. The Labute approximate surface area is 155 Å². The summed E-state index contributed by atoms with van der Waals surface area (Å²) in [6.07, 6.45) is 6.44. The zero-order valence-corrected chi connectivity index (χ0v) is 15.3. The molecule has 0 aromatic carbocycles. The van der Waals surface area contributed by atoms with Crippen LogP contribution < -0.4 is 15.6 Å². The van der Waals surface area contributed by atoms with E-state index < -0.39 is 5.82 Å². The average Bonchev–Trinajstić information content (AvgIpc) is 2.66. The van der Waals surface area contributed by atoms with Gasteiger partial charge in [-0.1, -0.05) is 0 Å².